The van der Waals surface area contributed by atoms with Crippen LogP contribution in [0.3, 0.4) is 0 Å². The van der Waals surface area contributed by atoms with Gasteiger partial charge in [-0.15, -0.1) is 0 Å². The molecule has 0 saturated carbocycles. The van der Waals surface area contributed by atoms with E-state index in [4.69, 9.17) is 4.74 Å². The second kappa shape index (κ2) is 9.36. The van der Waals surface area contributed by atoms with Crippen molar-refractivity contribution in [2.75, 3.05) is 0 Å². The van der Waals surface area contributed by atoms with Gasteiger partial charge in [-0.25, -0.2) is 9.69 Å². The van der Waals surface area contributed by atoms with E-state index in [1.165, 1.54) is 4.90 Å². The van der Waals surface area contributed by atoms with E-state index in [0.717, 1.165) is 16.7 Å². The zero-order valence-corrected chi connectivity index (χ0v) is 17.4. The van der Waals surface area contributed by atoms with Crippen LogP contribution in [0, 0.1) is 0 Å². The fraction of sp³-hybridized carbons (Fsp3) is 0.333. The average molecular weight is 380 g/mol. The van der Waals surface area contributed by atoms with Crippen molar-refractivity contribution in [3.8, 4) is 0 Å². The van der Waals surface area contributed by atoms with Crippen molar-refractivity contribution in [3.63, 3.8) is 0 Å². The third-order valence-corrected chi connectivity index (χ3v) is 4.25. The summed E-state index contributed by atoms with van der Waals surface area (Å²) in [6, 6.07) is 16.9. The van der Waals surface area contributed by atoms with E-state index >= 15 is 0 Å². The van der Waals surface area contributed by atoms with E-state index in [0.29, 0.717) is 12.0 Å². The summed E-state index contributed by atoms with van der Waals surface area (Å²) in [4.78, 5) is 27.4. The highest BCUT2D eigenvalue weighted by Crippen LogP contribution is 2.20. The number of hydrogen-bond acceptors (Lipinski definition) is 3. The SMILES string of the molecule is C/C=C(\C)Cc1ccccc1C(=O)N(Cc1ccccc1)C(=O)OC(C)(C)C. The van der Waals surface area contributed by atoms with Crippen molar-refractivity contribution in [1.29, 1.82) is 0 Å². The lowest BCUT2D eigenvalue weighted by molar-refractivity contribution is 0.0227. The van der Waals surface area contributed by atoms with Gasteiger partial charge in [0.15, 0.2) is 0 Å². The van der Waals surface area contributed by atoms with Crippen molar-refractivity contribution in [1.82, 2.24) is 4.90 Å². The highest BCUT2D eigenvalue weighted by Gasteiger charge is 2.29. The summed E-state index contributed by atoms with van der Waals surface area (Å²) >= 11 is 0. The maximum absolute atomic E-state index is 13.4. The van der Waals surface area contributed by atoms with Crippen molar-refractivity contribution in [3.05, 3.63) is 82.9 Å². The molecule has 0 heterocycles. The topological polar surface area (TPSA) is 46.6 Å². The van der Waals surface area contributed by atoms with Gasteiger partial charge >= 0.3 is 6.09 Å². The largest absolute Gasteiger partial charge is 0.443 e. The Morgan fingerprint density at radius 2 is 1.61 bits per heavy atom. The molecule has 0 N–H and O–H groups in total. The normalized spacial score (nSPS) is 11.8. The number of allylic oxidation sites excluding steroid dienone is 2. The summed E-state index contributed by atoms with van der Waals surface area (Å²) < 4.78 is 5.51. The Morgan fingerprint density at radius 3 is 2.21 bits per heavy atom. The Hall–Kier alpha value is -2.88. The number of hydrogen-bond donors (Lipinski definition) is 0. The molecule has 4 nitrogen and oxygen atoms in total. The molecular formula is C24H29NO3. The summed E-state index contributed by atoms with van der Waals surface area (Å²) in [7, 11) is 0. The third-order valence-electron chi connectivity index (χ3n) is 4.25. The molecule has 0 aliphatic rings. The molecule has 0 bridgehead atoms. The van der Waals surface area contributed by atoms with Gasteiger partial charge in [-0.1, -0.05) is 60.2 Å². The smallest absolute Gasteiger partial charge is 0.417 e. The summed E-state index contributed by atoms with van der Waals surface area (Å²) in [5.41, 5.74) is 2.75. The zero-order chi connectivity index (χ0) is 20.7. The number of amides is 2. The molecule has 0 aliphatic heterocycles. The first-order valence-electron chi connectivity index (χ1n) is 9.49. The van der Waals surface area contributed by atoms with Crippen molar-refractivity contribution in [2.24, 2.45) is 0 Å². The van der Waals surface area contributed by atoms with Gasteiger partial charge in [0.05, 0.1) is 6.54 Å². The molecule has 0 radical (unpaired) electrons. The van der Waals surface area contributed by atoms with E-state index < -0.39 is 11.7 Å². The number of rotatable bonds is 5. The minimum absolute atomic E-state index is 0.158. The summed E-state index contributed by atoms with van der Waals surface area (Å²) in [6.07, 6.45) is 2.04. The van der Waals surface area contributed by atoms with Gasteiger partial charge in [-0.05, 0) is 58.2 Å². The van der Waals surface area contributed by atoms with E-state index in [9.17, 15) is 9.59 Å². The number of imide groups is 1. The molecule has 2 amide bonds. The van der Waals surface area contributed by atoms with Gasteiger partial charge in [-0.2, -0.15) is 0 Å². The fourth-order valence-corrected chi connectivity index (χ4v) is 2.73. The standard InChI is InChI=1S/C24H29NO3/c1-6-18(2)16-20-14-10-11-15-21(20)22(26)25(23(27)28-24(3,4)5)17-19-12-8-7-9-13-19/h6-15H,16-17H2,1-5H3/b18-6+. The van der Waals surface area contributed by atoms with Crippen LogP contribution in [0.15, 0.2) is 66.2 Å². The molecule has 0 spiro atoms. The number of ether oxygens (including phenoxy) is 1. The Balaban J connectivity index is 2.40. The molecule has 2 rings (SSSR count). The van der Waals surface area contributed by atoms with Gasteiger partial charge < -0.3 is 4.74 Å². The monoisotopic (exact) mass is 379 g/mol. The fourth-order valence-electron chi connectivity index (χ4n) is 2.73. The summed E-state index contributed by atoms with van der Waals surface area (Å²) in [6.45, 7) is 9.53. The molecular weight excluding hydrogens is 350 g/mol. The number of carbonyl (C=O) groups is 2. The molecule has 0 aromatic heterocycles. The van der Waals surface area contributed by atoms with Crippen molar-refractivity contribution < 1.29 is 14.3 Å². The van der Waals surface area contributed by atoms with Crippen LogP contribution in [0.4, 0.5) is 4.79 Å². The van der Waals surface area contributed by atoms with Crippen LogP contribution in [0.1, 0.15) is 56.1 Å². The molecule has 0 saturated heterocycles. The van der Waals surface area contributed by atoms with Crippen LogP contribution in [0.2, 0.25) is 0 Å². The van der Waals surface area contributed by atoms with E-state index in [-0.39, 0.29) is 12.5 Å². The molecule has 2 aromatic carbocycles. The number of nitrogens with zero attached hydrogens (tertiary/aromatic N) is 1. The summed E-state index contributed by atoms with van der Waals surface area (Å²) in [5, 5.41) is 0. The van der Waals surface area contributed by atoms with E-state index in [1.807, 2.05) is 68.5 Å². The Labute approximate surface area is 167 Å². The first-order valence-corrected chi connectivity index (χ1v) is 9.49. The summed E-state index contributed by atoms with van der Waals surface area (Å²) in [5.74, 6) is -0.349. The minimum atomic E-state index is -0.687. The molecule has 0 atom stereocenters. The maximum Gasteiger partial charge on any atom is 0.417 e. The van der Waals surface area contributed by atoms with E-state index in [1.54, 1.807) is 26.8 Å². The number of carbonyl (C=O) groups excluding carboxylic acids is 2. The van der Waals surface area contributed by atoms with Gasteiger partial charge in [0.25, 0.3) is 5.91 Å². The third kappa shape index (κ3) is 6.08. The second-order valence-electron chi connectivity index (χ2n) is 7.83. The quantitative estimate of drug-likeness (QED) is 0.619. The van der Waals surface area contributed by atoms with Gasteiger partial charge in [0.1, 0.15) is 5.60 Å². The lowest BCUT2D eigenvalue weighted by Gasteiger charge is -2.27. The van der Waals surface area contributed by atoms with Crippen LogP contribution < -0.4 is 0 Å². The Kier molecular flexibility index (Phi) is 7.16. The first kappa shape index (κ1) is 21.4. The van der Waals surface area contributed by atoms with Crippen molar-refractivity contribution >= 4 is 12.0 Å². The molecule has 148 valence electrons. The van der Waals surface area contributed by atoms with Gasteiger partial charge in [-0.3, -0.25) is 4.79 Å². The lowest BCUT2D eigenvalue weighted by Crippen LogP contribution is -2.40. The highest BCUT2D eigenvalue weighted by atomic mass is 16.6. The van der Waals surface area contributed by atoms with Crippen LogP contribution in [0.5, 0.6) is 0 Å². The van der Waals surface area contributed by atoms with Gasteiger partial charge in [0, 0.05) is 5.56 Å². The average Bonchev–Trinajstić information content (AvgIpc) is 2.65. The van der Waals surface area contributed by atoms with Crippen LogP contribution in [-0.2, 0) is 17.7 Å². The van der Waals surface area contributed by atoms with Crippen LogP contribution in [0.25, 0.3) is 0 Å². The number of benzene rings is 2. The molecule has 4 heteroatoms. The minimum Gasteiger partial charge on any atom is -0.443 e. The molecule has 0 fully saturated rings. The maximum atomic E-state index is 13.4. The first-order chi connectivity index (χ1) is 13.2. The zero-order valence-electron chi connectivity index (χ0n) is 17.4. The lowest BCUT2D eigenvalue weighted by atomic mass is 9.99. The predicted octanol–water partition coefficient (Wildman–Crippen LogP) is 5.77. The van der Waals surface area contributed by atoms with E-state index in [2.05, 4.69) is 0 Å². The molecule has 28 heavy (non-hydrogen) atoms. The van der Waals surface area contributed by atoms with Crippen LogP contribution in [-0.4, -0.2) is 22.5 Å². The molecule has 0 unspecified atom stereocenters. The highest BCUT2D eigenvalue weighted by molar-refractivity contribution is 6.04. The molecule has 0 aliphatic carbocycles. The molecule has 2 aromatic rings. The Morgan fingerprint density at radius 1 is 1.00 bits per heavy atom. The van der Waals surface area contributed by atoms with Crippen molar-refractivity contribution in [2.45, 2.75) is 53.2 Å². The van der Waals surface area contributed by atoms with Crippen LogP contribution >= 0.6 is 0 Å². The predicted molar refractivity (Wildman–Crippen MR) is 112 cm³/mol. The second-order valence-corrected chi connectivity index (χ2v) is 7.83. The van der Waals surface area contributed by atoms with Gasteiger partial charge in [0.2, 0.25) is 0 Å². The Bertz CT molecular complexity index is 848.